The molecule has 0 spiro atoms. The van der Waals surface area contributed by atoms with E-state index in [0.29, 0.717) is 0 Å². The van der Waals surface area contributed by atoms with Crippen LogP contribution in [0.5, 0.6) is 11.5 Å². The molecular weight excluding hydrogens is 459 g/mol. The van der Waals surface area contributed by atoms with E-state index >= 15 is 0 Å². The van der Waals surface area contributed by atoms with Gasteiger partial charge < -0.3 is 15.2 Å². The van der Waals surface area contributed by atoms with Crippen molar-refractivity contribution in [3.63, 3.8) is 0 Å². The Hall–Kier alpha value is -3.76. The lowest BCUT2D eigenvalue weighted by atomic mass is 9.70. The van der Waals surface area contributed by atoms with Crippen molar-refractivity contribution < 1.29 is 45.4 Å². The van der Waals surface area contributed by atoms with Gasteiger partial charge in [-0.3, -0.25) is 4.79 Å². The Morgan fingerprint density at radius 3 is 2.09 bits per heavy atom. The molecule has 0 saturated heterocycles. The van der Waals surface area contributed by atoms with Crippen molar-refractivity contribution >= 4 is 11.6 Å². The maximum atomic E-state index is 14.2. The number of alkyl halides is 6. The first-order valence-corrected chi connectivity index (χ1v) is 9.21. The van der Waals surface area contributed by atoms with E-state index in [2.05, 4.69) is 10.1 Å². The molecule has 11 heteroatoms. The number of benzene rings is 3. The molecule has 1 heterocycles. The highest BCUT2D eigenvalue weighted by atomic mass is 19.4. The number of hydrogen-bond donors (Lipinski definition) is 2. The van der Waals surface area contributed by atoms with E-state index in [4.69, 9.17) is 0 Å². The summed E-state index contributed by atoms with van der Waals surface area (Å²) in [4.78, 5) is 13.3. The van der Waals surface area contributed by atoms with E-state index < -0.39 is 52.4 Å². The van der Waals surface area contributed by atoms with Gasteiger partial charge in [0.1, 0.15) is 11.2 Å². The third-order valence-corrected chi connectivity index (χ3v) is 5.25. The van der Waals surface area contributed by atoms with E-state index in [0.717, 1.165) is 54.6 Å². The summed E-state index contributed by atoms with van der Waals surface area (Å²) in [5.41, 5.74) is -4.12. The smallest absolute Gasteiger partial charge is 0.505 e. The Bertz CT molecular complexity index is 1240. The minimum Gasteiger partial charge on any atom is -0.505 e. The van der Waals surface area contributed by atoms with Crippen molar-refractivity contribution in [3.05, 3.63) is 88.7 Å². The highest BCUT2D eigenvalue weighted by Gasteiger charge is 2.52. The first kappa shape index (κ1) is 22.4. The lowest BCUT2D eigenvalue weighted by Gasteiger charge is -2.29. The van der Waals surface area contributed by atoms with E-state index in [1.54, 1.807) is 0 Å². The zero-order valence-corrected chi connectivity index (χ0v) is 16.2. The summed E-state index contributed by atoms with van der Waals surface area (Å²) in [6.45, 7) is 0. The molecular formula is C22H12F7NO3. The number of halogens is 7. The number of aromatic hydroxyl groups is 1. The number of anilines is 1. The SMILES string of the molecule is O=C1Nc2c(C(F)(F)F)cccc2C1(c1ccc(OC(F)(F)F)cc1)c1ccc(O)c(F)c1. The molecule has 0 aliphatic carbocycles. The lowest BCUT2D eigenvalue weighted by molar-refractivity contribution is -0.274. The van der Waals surface area contributed by atoms with Crippen LogP contribution in [0.4, 0.5) is 36.4 Å². The molecule has 2 N–H and O–H groups in total. The molecule has 0 aromatic heterocycles. The molecule has 1 atom stereocenters. The number of phenolic OH excluding ortho intramolecular Hbond substituents is 1. The summed E-state index contributed by atoms with van der Waals surface area (Å²) < 4.78 is 96.4. The van der Waals surface area contributed by atoms with Gasteiger partial charge in [-0.05, 0) is 41.5 Å². The van der Waals surface area contributed by atoms with Crippen molar-refractivity contribution in [3.8, 4) is 11.5 Å². The highest BCUT2D eigenvalue weighted by Crippen LogP contribution is 2.51. The average Bonchev–Trinajstić information content (AvgIpc) is 3.01. The maximum absolute atomic E-state index is 14.2. The number of carbonyl (C=O) groups excluding carboxylic acids is 1. The second-order valence-corrected chi connectivity index (χ2v) is 7.17. The fraction of sp³-hybridized carbons (Fsp3) is 0.136. The summed E-state index contributed by atoms with van der Waals surface area (Å²) in [6.07, 6.45) is -9.82. The van der Waals surface area contributed by atoms with Gasteiger partial charge >= 0.3 is 12.5 Å². The first-order valence-electron chi connectivity index (χ1n) is 9.21. The van der Waals surface area contributed by atoms with Gasteiger partial charge in [-0.25, -0.2) is 4.39 Å². The van der Waals surface area contributed by atoms with Gasteiger partial charge in [0.2, 0.25) is 5.91 Å². The molecule has 3 aromatic carbocycles. The summed E-state index contributed by atoms with van der Waals surface area (Å²) in [5.74, 6) is -3.51. The van der Waals surface area contributed by atoms with E-state index in [9.17, 15) is 40.6 Å². The maximum Gasteiger partial charge on any atom is 0.573 e. The molecule has 0 saturated carbocycles. The fourth-order valence-corrected chi connectivity index (χ4v) is 3.95. The van der Waals surface area contributed by atoms with Crippen molar-refractivity contribution in [2.75, 3.05) is 5.32 Å². The minimum absolute atomic E-state index is 0.0438. The number of hydrogen-bond acceptors (Lipinski definition) is 3. The zero-order valence-electron chi connectivity index (χ0n) is 16.2. The number of para-hydroxylation sites is 1. The number of amides is 1. The Morgan fingerprint density at radius 1 is 0.879 bits per heavy atom. The minimum atomic E-state index is -4.99. The quantitative estimate of drug-likeness (QED) is 0.480. The molecule has 172 valence electrons. The molecule has 0 bridgehead atoms. The second kappa shape index (κ2) is 7.39. The molecule has 33 heavy (non-hydrogen) atoms. The highest BCUT2D eigenvalue weighted by molar-refractivity contribution is 6.12. The van der Waals surface area contributed by atoms with Crippen LogP contribution in [-0.4, -0.2) is 17.4 Å². The van der Waals surface area contributed by atoms with Crippen LogP contribution < -0.4 is 10.1 Å². The van der Waals surface area contributed by atoms with Crippen LogP contribution in [0.1, 0.15) is 22.3 Å². The predicted molar refractivity (Wildman–Crippen MR) is 101 cm³/mol. The van der Waals surface area contributed by atoms with Crippen LogP contribution in [0.25, 0.3) is 0 Å². The predicted octanol–water partition coefficient (Wildman–Crippen LogP) is 5.74. The third kappa shape index (κ3) is 3.73. The van der Waals surface area contributed by atoms with Crippen LogP contribution in [0.15, 0.2) is 60.7 Å². The van der Waals surface area contributed by atoms with Gasteiger partial charge in [0.15, 0.2) is 11.6 Å². The summed E-state index contributed by atoms with van der Waals surface area (Å²) >= 11 is 0. The van der Waals surface area contributed by atoms with E-state index in [1.807, 2.05) is 0 Å². The summed E-state index contributed by atoms with van der Waals surface area (Å²) in [6, 6.07) is 9.82. The van der Waals surface area contributed by atoms with Crippen molar-refractivity contribution in [2.45, 2.75) is 18.0 Å². The molecule has 1 aliphatic heterocycles. The Labute approximate surface area is 181 Å². The molecule has 1 unspecified atom stereocenters. The molecule has 1 aliphatic rings. The number of phenols is 1. The largest absolute Gasteiger partial charge is 0.573 e. The number of ether oxygens (including phenoxy) is 1. The summed E-state index contributed by atoms with van der Waals surface area (Å²) in [5, 5.41) is 11.7. The monoisotopic (exact) mass is 471 g/mol. The van der Waals surface area contributed by atoms with Gasteiger partial charge in [0.05, 0.1) is 11.3 Å². The standard InChI is InChI=1S/C22H12F7NO3/c23-16-10-12(6-9-17(16)31)20(11-4-7-13(8-5-11)33-22(27,28)29)14-2-1-3-15(21(24,25)26)18(14)30-19(20)32/h1-10,31H,(H,30,32). The summed E-state index contributed by atoms with van der Waals surface area (Å²) in [7, 11) is 0. The fourth-order valence-electron chi connectivity index (χ4n) is 3.95. The van der Waals surface area contributed by atoms with Crippen molar-refractivity contribution in [1.82, 2.24) is 0 Å². The third-order valence-electron chi connectivity index (χ3n) is 5.25. The van der Waals surface area contributed by atoms with Gasteiger partial charge in [-0.15, -0.1) is 13.2 Å². The van der Waals surface area contributed by atoms with Crippen LogP contribution in [0.3, 0.4) is 0 Å². The van der Waals surface area contributed by atoms with Crippen LogP contribution in [-0.2, 0) is 16.4 Å². The normalized spacial score (nSPS) is 18.1. The van der Waals surface area contributed by atoms with Crippen LogP contribution in [0.2, 0.25) is 0 Å². The number of fused-ring (bicyclic) bond motifs is 1. The van der Waals surface area contributed by atoms with E-state index in [1.165, 1.54) is 6.07 Å². The zero-order chi connectivity index (χ0) is 24.2. The van der Waals surface area contributed by atoms with Gasteiger partial charge in [-0.1, -0.05) is 30.3 Å². The van der Waals surface area contributed by atoms with Gasteiger partial charge in [0.25, 0.3) is 0 Å². The Balaban J connectivity index is 1.99. The molecule has 0 fully saturated rings. The second-order valence-electron chi connectivity index (χ2n) is 7.17. The Morgan fingerprint density at radius 2 is 1.52 bits per heavy atom. The Kier molecular flexibility index (Phi) is 5.03. The van der Waals surface area contributed by atoms with Crippen LogP contribution >= 0.6 is 0 Å². The first-order chi connectivity index (χ1) is 15.3. The molecule has 4 nitrogen and oxygen atoms in total. The number of carbonyl (C=O) groups is 1. The van der Waals surface area contributed by atoms with Crippen molar-refractivity contribution in [2.24, 2.45) is 0 Å². The molecule has 3 aromatic rings. The number of rotatable bonds is 3. The van der Waals surface area contributed by atoms with Crippen LogP contribution in [0, 0.1) is 5.82 Å². The molecule has 0 radical (unpaired) electrons. The number of nitrogens with one attached hydrogen (secondary N) is 1. The van der Waals surface area contributed by atoms with Gasteiger partial charge in [0, 0.05) is 5.56 Å². The molecule has 1 amide bonds. The average molecular weight is 471 g/mol. The van der Waals surface area contributed by atoms with E-state index in [-0.39, 0.29) is 16.7 Å². The van der Waals surface area contributed by atoms with Crippen molar-refractivity contribution in [1.29, 1.82) is 0 Å². The molecule has 4 rings (SSSR count). The topological polar surface area (TPSA) is 58.6 Å². The lowest BCUT2D eigenvalue weighted by Crippen LogP contribution is -2.37. The van der Waals surface area contributed by atoms with Gasteiger partial charge in [-0.2, -0.15) is 13.2 Å².